The second kappa shape index (κ2) is 9.80. The van der Waals surface area contributed by atoms with Crippen LogP contribution in [0.4, 0.5) is 15.8 Å². The van der Waals surface area contributed by atoms with Crippen molar-refractivity contribution in [3.8, 4) is 5.75 Å². The number of halogens is 2. The van der Waals surface area contributed by atoms with Gasteiger partial charge < -0.3 is 19.9 Å². The molecule has 2 aromatic carbocycles. The maximum atomic E-state index is 13.7. The van der Waals surface area contributed by atoms with Gasteiger partial charge in [0.2, 0.25) is 5.91 Å². The molecule has 1 fully saturated rings. The summed E-state index contributed by atoms with van der Waals surface area (Å²) in [5, 5.41) is 3.30. The highest BCUT2D eigenvalue weighted by Crippen LogP contribution is 2.34. The Balaban J connectivity index is 1.66. The Hall–Kier alpha value is -2.80. The lowest BCUT2D eigenvalue weighted by atomic mass is 10.1. The maximum absolute atomic E-state index is 13.7. The molecule has 1 saturated heterocycles. The molecule has 0 atom stereocenters. The van der Waals surface area contributed by atoms with Gasteiger partial charge in [0.05, 0.1) is 16.4 Å². The lowest BCUT2D eigenvalue weighted by Gasteiger charge is -2.38. The van der Waals surface area contributed by atoms with Crippen LogP contribution in [-0.4, -0.2) is 49.5 Å². The number of para-hydroxylation sites is 2. The highest BCUT2D eigenvalue weighted by molar-refractivity contribution is 6.34. The molecule has 0 saturated carbocycles. The first-order valence-corrected chi connectivity index (χ1v) is 10.2. The molecule has 0 bridgehead atoms. The largest absolute Gasteiger partial charge is 0.481 e. The molecule has 160 valence electrons. The Kier molecular flexibility index (Phi) is 7.15. The minimum Gasteiger partial charge on any atom is -0.481 e. The van der Waals surface area contributed by atoms with Crippen molar-refractivity contribution in [3.05, 3.63) is 53.3 Å². The summed E-state index contributed by atoms with van der Waals surface area (Å²) < 4.78 is 18.9. The van der Waals surface area contributed by atoms with E-state index in [9.17, 15) is 14.0 Å². The molecule has 0 radical (unpaired) electrons. The van der Waals surface area contributed by atoms with Gasteiger partial charge in [-0.1, -0.05) is 43.6 Å². The van der Waals surface area contributed by atoms with Crippen molar-refractivity contribution in [2.24, 2.45) is 5.92 Å². The minimum atomic E-state index is -0.525. The van der Waals surface area contributed by atoms with Crippen molar-refractivity contribution in [1.29, 1.82) is 0 Å². The van der Waals surface area contributed by atoms with E-state index in [1.165, 1.54) is 12.1 Å². The summed E-state index contributed by atoms with van der Waals surface area (Å²) in [5.41, 5.74) is 1.25. The van der Waals surface area contributed by atoms with Gasteiger partial charge in [0, 0.05) is 32.1 Å². The van der Waals surface area contributed by atoms with Crippen molar-refractivity contribution in [2.45, 2.75) is 13.8 Å². The third-order valence-electron chi connectivity index (χ3n) is 4.86. The van der Waals surface area contributed by atoms with Gasteiger partial charge in [-0.05, 0) is 24.3 Å². The fourth-order valence-electron chi connectivity index (χ4n) is 3.34. The van der Waals surface area contributed by atoms with Gasteiger partial charge in [-0.2, -0.15) is 0 Å². The first-order chi connectivity index (χ1) is 14.4. The molecule has 8 heteroatoms. The van der Waals surface area contributed by atoms with E-state index >= 15 is 0 Å². The van der Waals surface area contributed by atoms with Crippen molar-refractivity contribution in [3.63, 3.8) is 0 Å². The van der Waals surface area contributed by atoms with Crippen LogP contribution in [0, 0.1) is 11.7 Å². The minimum absolute atomic E-state index is 0.0184. The number of amides is 2. The highest BCUT2D eigenvalue weighted by atomic mass is 35.5. The molecule has 1 aliphatic heterocycles. The number of ether oxygens (including phenoxy) is 1. The normalized spacial score (nSPS) is 14.0. The quantitative estimate of drug-likeness (QED) is 0.752. The van der Waals surface area contributed by atoms with E-state index in [0.29, 0.717) is 42.6 Å². The van der Waals surface area contributed by atoms with Crippen LogP contribution in [-0.2, 0) is 9.59 Å². The Bertz CT molecular complexity index is 914. The van der Waals surface area contributed by atoms with E-state index in [-0.39, 0.29) is 24.2 Å². The third-order valence-corrected chi connectivity index (χ3v) is 5.16. The van der Waals surface area contributed by atoms with Gasteiger partial charge in [0.15, 0.2) is 18.2 Å². The SMILES string of the molecule is CC(C)C(=O)N1CCN(c2c(Cl)cccc2NC(=O)COc2ccccc2F)CC1. The van der Waals surface area contributed by atoms with Crippen LogP contribution >= 0.6 is 11.6 Å². The summed E-state index contributed by atoms with van der Waals surface area (Å²) in [6.45, 7) is 5.84. The molecule has 2 amide bonds. The molecule has 3 rings (SSSR count). The lowest BCUT2D eigenvalue weighted by Crippen LogP contribution is -2.50. The maximum Gasteiger partial charge on any atom is 0.262 e. The van der Waals surface area contributed by atoms with Crippen LogP contribution in [0.5, 0.6) is 5.75 Å². The molecule has 2 aromatic rings. The summed E-state index contributed by atoms with van der Waals surface area (Å²) in [4.78, 5) is 28.5. The van der Waals surface area contributed by atoms with Crippen molar-refractivity contribution in [2.75, 3.05) is 43.0 Å². The number of carbonyl (C=O) groups excluding carboxylic acids is 2. The number of rotatable bonds is 6. The average molecular weight is 434 g/mol. The molecular weight excluding hydrogens is 409 g/mol. The van der Waals surface area contributed by atoms with Crippen LogP contribution in [0.3, 0.4) is 0 Å². The van der Waals surface area contributed by atoms with Gasteiger partial charge in [0.25, 0.3) is 5.91 Å². The average Bonchev–Trinajstić information content (AvgIpc) is 2.73. The van der Waals surface area contributed by atoms with Crippen LogP contribution in [0.1, 0.15) is 13.8 Å². The van der Waals surface area contributed by atoms with Gasteiger partial charge in [-0.25, -0.2) is 4.39 Å². The van der Waals surface area contributed by atoms with E-state index in [4.69, 9.17) is 16.3 Å². The van der Waals surface area contributed by atoms with E-state index < -0.39 is 11.7 Å². The number of hydrogen-bond donors (Lipinski definition) is 1. The lowest BCUT2D eigenvalue weighted by molar-refractivity contribution is -0.134. The smallest absolute Gasteiger partial charge is 0.262 e. The molecule has 1 N–H and O–H groups in total. The molecular formula is C22H25ClFN3O3. The molecule has 0 aromatic heterocycles. The second-order valence-electron chi connectivity index (χ2n) is 7.37. The zero-order chi connectivity index (χ0) is 21.7. The summed E-state index contributed by atoms with van der Waals surface area (Å²) in [5.74, 6) is -0.836. The Labute approximate surface area is 180 Å². The van der Waals surface area contributed by atoms with Gasteiger partial charge in [-0.3, -0.25) is 9.59 Å². The van der Waals surface area contributed by atoms with E-state index in [1.54, 1.807) is 30.3 Å². The van der Waals surface area contributed by atoms with Gasteiger partial charge in [0.1, 0.15) is 0 Å². The predicted molar refractivity (Wildman–Crippen MR) is 116 cm³/mol. The summed E-state index contributed by atoms with van der Waals surface area (Å²) in [6.07, 6.45) is 0. The second-order valence-corrected chi connectivity index (χ2v) is 7.78. The molecule has 30 heavy (non-hydrogen) atoms. The molecule has 0 unspecified atom stereocenters. The summed E-state index contributed by atoms with van der Waals surface area (Å²) >= 11 is 6.43. The van der Waals surface area contributed by atoms with Crippen molar-refractivity contribution < 1.29 is 18.7 Å². The van der Waals surface area contributed by atoms with Crippen molar-refractivity contribution >= 4 is 34.8 Å². The topological polar surface area (TPSA) is 61.9 Å². The molecule has 6 nitrogen and oxygen atoms in total. The van der Waals surface area contributed by atoms with Crippen LogP contribution in [0.2, 0.25) is 5.02 Å². The van der Waals surface area contributed by atoms with Crippen LogP contribution < -0.4 is 15.0 Å². The first kappa shape index (κ1) is 21.9. The summed E-state index contributed by atoms with van der Waals surface area (Å²) in [6, 6.07) is 11.2. The molecule has 1 heterocycles. The van der Waals surface area contributed by atoms with Crippen molar-refractivity contribution in [1.82, 2.24) is 4.90 Å². The van der Waals surface area contributed by atoms with E-state index in [1.807, 2.05) is 18.7 Å². The van der Waals surface area contributed by atoms with Crippen LogP contribution in [0.25, 0.3) is 0 Å². The third kappa shape index (κ3) is 5.21. The standard InChI is InChI=1S/C22H25ClFN3O3/c1-15(2)22(29)27-12-10-26(11-13-27)21-16(23)6-5-8-18(21)25-20(28)14-30-19-9-4-3-7-17(19)24/h3-9,15H,10-14H2,1-2H3,(H,25,28). The Morgan fingerprint density at radius 1 is 1.10 bits per heavy atom. The number of benzene rings is 2. The fourth-order valence-corrected chi connectivity index (χ4v) is 3.64. The number of nitrogens with zero attached hydrogens (tertiary/aromatic N) is 2. The predicted octanol–water partition coefficient (Wildman–Crippen LogP) is 3.80. The zero-order valence-electron chi connectivity index (χ0n) is 17.0. The monoisotopic (exact) mass is 433 g/mol. The molecule has 0 spiro atoms. The Morgan fingerprint density at radius 2 is 1.80 bits per heavy atom. The van der Waals surface area contributed by atoms with Gasteiger partial charge >= 0.3 is 0 Å². The van der Waals surface area contributed by atoms with E-state index in [0.717, 1.165) is 0 Å². The number of carbonyl (C=O) groups is 2. The molecule has 1 aliphatic rings. The van der Waals surface area contributed by atoms with Crippen LogP contribution in [0.15, 0.2) is 42.5 Å². The number of anilines is 2. The fraction of sp³-hybridized carbons (Fsp3) is 0.364. The highest BCUT2D eigenvalue weighted by Gasteiger charge is 2.25. The Morgan fingerprint density at radius 3 is 2.47 bits per heavy atom. The number of nitrogens with one attached hydrogen (secondary N) is 1. The molecule has 0 aliphatic carbocycles. The first-order valence-electron chi connectivity index (χ1n) is 9.86. The van der Waals surface area contributed by atoms with Gasteiger partial charge in [-0.15, -0.1) is 0 Å². The number of piperazine rings is 1. The number of hydrogen-bond acceptors (Lipinski definition) is 4. The zero-order valence-corrected chi connectivity index (χ0v) is 17.8. The van der Waals surface area contributed by atoms with E-state index in [2.05, 4.69) is 10.2 Å². The summed E-state index contributed by atoms with van der Waals surface area (Å²) in [7, 11) is 0.